The lowest BCUT2D eigenvalue weighted by Gasteiger charge is -2.37. The standard InChI is InChI=1S/C30H50N4O6/c1-22(2)12-10-8-9-11-13-27(35)32-19-23-14-15-25(26(18-23)38-7)39-29(37)34-17-16-31-20-24(34)21-33(6)28(36)40-30(3,4)5/h10,12,14-15,18,22,24,27,31-32,35H,8-9,11,13,16-17,19-21H2,1-7H3/b12-10+. The van der Waals surface area contributed by atoms with Crippen molar-refractivity contribution in [2.24, 2.45) is 5.92 Å². The second-order valence-electron chi connectivity index (χ2n) is 11.6. The summed E-state index contributed by atoms with van der Waals surface area (Å²) in [5.74, 6) is 1.30. The molecule has 1 aliphatic heterocycles. The Labute approximate surface area is 240 Å². The quantitative estimate of drug-likeness (QED) is 0.183. The monoisotopic (exact) mass is 562 g/mol. The van der Waals surface area contributed by atoms with E-state index in [4.69, 9.17) is 14.2 Å². The number of likely N-dealkylation sites (N-methyl/N-ethyl adjacent to an activating group) is 1. The number of aliphatic hydroxyl groups excluding tert-OH is 1. The van der Waals surface area contributed by atoms with Gasteiger partial charge in [0.25, 0.3) is 0 Å². The molecule has 2 rings (SSSR count). The van der Waals surface area contributed by atoms with Gasteiger partial charge < -0.3 is 34.4 Å². The number of ether oxygens (including phenoxy) is 3. The molecule has 0 aliphatic carbocycles. The smallest absolute Gasteiger partial charge is 0.415 e. The third-order valence-corrected chi connectivity index (χ3v) is 6.36. The van der Waals surface area contributed by atoms with E-state index in [2.05, 4.69) is 36.6 Å². The lowest BCUT2D eigenvalue weighted by Crippen LogP contribution is -2.58. The zero-order valence-electron chi connectivity index (χ0n) is 25.4. The van der Waals surface area contributed by atoms with Crippen molar-refractivity contribution in [1.29, 1.82) is 0 Å². The number of methoxy groups -OCH3 is 1. The second kappa shape index (κ2) is 16.4. The van der Waals surface area contributed by atoms with Crippen LogP contribution >= 0.6 is 0 Å². The molecule has 0 radical (unpaired) electrons. The molecule has 1 fully saturated rings. The molecule has 1 aromatic carbocycles. The van der Waals surface area contributed by atoms with Crippen LogP contribution in [-0.2, 0) is 11.3 Å². The lowest BCUT2D eigenvalue weighted by molar-refractivity contribution is 0.0233. The fourth-order valence-corrected chi connectivity index (χ4v) is 4.26. The SMILES string of the molecule is COc1cc(CNC(O)CCCC/C=C/C(C)C)ccc1OC(=O)N1CCNCC1CN(C)C(=O)OC(C)(C)C. The van der Waals surface area contributed by atoms with Gasteiger partial charge in [-0.15, -0.1) is 0 Å². The Kier molecular flexibility index (Phi) is 13.7. The lowest BCUT2D eigenvalue weighted by atomic mass is 10.1. The number of rotatable bonds is 13. The molecule has 1 heterocycles. The van der Waals surface area contributed by atoms with Crippen molar-refractivity contribution in [3.8, 4) is 11.5 Å². The van der Waals surface area contributed by atoms with Crippen molar-refractivity contribution in [3.05, 3.63) is 35.9 Å². The van der Waals surface area contributed by atoms with Gasteiger partial charge in [-0.3, -0.25) is 5.32 Å². The average Bonchev–Trinajstić information content (AvgIpc) is 2.89. The molecule has 0 bridgehead atoms. The number of hydrogen-bond donors (Lipinski definition) is 3. The largest absolute Gasteiger partial charge is 0.493 e. The number of nitrogens with one attached hydrogen (secondary N) is 2. The number of hydrogen-bond acceptors (Lipinski definition) is 8. The van der Waals surface area contributed by atoms with Gasteiger partial charge in [0.2, 0.25) is 0 Å². The van der Waals surface area contributed by atoms with Crippen LogP contribution in [0.4, 0.5) is 9.59 Å². The van der Waals surface area contributed by atoms with Gasteiger partial charge in [0.05, 0.1) is 13.2 Å². The molecule has 226 valence electrons. The van der Waals surface area contributed by atoms with Gasteiger partial charge in [0.15, 0.2) is 11.5 Å². The van der Waals surface area contributed by atoms with Crippen molar-refractivity contribution in [3.63, 3.8) is 0 Å². The van der Waals surface area contributed by atoms with Gasteiger partial charge in [-0.1, -0.05) is 32.1 Å². The molecule has 40 heavy (non-hydrogen) atoms. The highest BCUT2D eigenvalue weighted by molar-refractivity contribution is 5.73. The Morgan fingerprint density at radius 1 is 1.25 bits per heavy atom. The maximum Gasteiger partial charge on any atom is 0.415 e. The van der Waals surface area contributed by atoms with Gasteiger partial charge >= 0.3 is 12.2 Å². The summed E-state index contributed by atoms with van der Waals surface area (Å²) in [7, 11) is 3.18. The summed E-state index contributed by atoms with van der Waals surface area (Å²) in [6, 6.07) is 5.06. The molecule has 1 saturated heterocycles. The van der Waals surface area contributed by atoms with Crippen LogP contribution in [0.25, 0.3) is 0 Å². The number of allylic oxidation sites excluding steroid dienone is 2. The first-order chi connectivity index (χ1) is 18.9. The molecule has 3 N–H and O–H groups in total. The Bertz CT molecular complexity index is 962. The van der Waals surface area contributed by atoms with Crippen LogP contribution in [0.1, 0.15) is 65.9 Å². The third-order valence-electron chi connectivity index (χ3n) is 6.36. The molecule has 10 nitrogen and oxygen atoms in total. The summed E-state index contributed by atoms with van der Waals surface area (Å²) in [5, 5.41) is 16.7. The number of carbonyl (C=O) groups excluding carboxylic acids is 2. The number of benzene rings is 1. The van der Waals surface area contributed by atoms with Gasteiger partial charge in [0, 0.05) is 39.8 Å². The topological polar surface area (TPSA) is 113 Å². The van der Waals surface area contributed by atoms with E-state index in [1.807, 2.05) is 26.8 Å². The highest BCUT2D eigenvalue weighted by Crippen LogP contribution is 2.29. The Balaban J connectivity index is 1.90. The van der Waals surface area contributed by atoms with Crippen LogP contribution in [0.2, 0.25) is 0 Å². The third kappa shape index (κ3) is 12.1. The number of amides is 2. The van der Waals surface area contributed by atoms with Crippen molar-refractivity contribution >= 4 is 12.2 Å². The highest BCUT2D eigenvalue weighted by Gasteiger charge is 2.31. The summed E-state index contributed by atoms with van der Waals surface area (Å²) in [6.07, 6.45) is 6.55. The number of piperazine rings is 1. The van der Waals surface area contributed by atoms with Crippen molar-refractivity contribution < 1.29 is 28.9 Å². The first-order valence-electron chi connectivity index (χ1n) is 14.3. The molecular formula is C30H50N4O6. The zero-order chi connectivity index (χ0) is 29.7. The minimum Gasteiger partial charge on any atom is -0.493 e. The second-order valence-corrected chi connectivity index (χ2v) is 11.6. The van der Waals surface area contributed by atoms with E-state index in [-0.39, 0.29) is 6.04 Å². The van der Waals surface area contributed by atoms with Crippen LogP contribution in [0.3, 0.4) is 0 Å². The maximum absolute atomic E-state index is 13.2. The van der Waals surface area contributed by atoms with Gasteiger partial charge in [0.1, 0.15) is 11.8 Å². The van der Waals surface area contributed by atoms with E-state index < -0.39 is 24.0 Å². The predicted octanol–water partition coefficient (Wildman–Crippen LogP) is 4.52. The number of carbonyl (C=O) groups is 2. The molecule has 1 aliphatic rings. The van der Waals surface area contributed by atoms with E-state index >= 15 is 0 Å². The van der Waals surface area contributed by atoms with Crippen LogP contribution < -0.4 is 20.1 Å². The minimum absolute atomic E-state index is 0.277. The summed E-state index contributed by atoms with van der Waals surface area (Å²) < 4.78 is 16.7. The van der Waals surface area contributed by atoms with E-state index in [0.29, 0.717) is 56.6 Å². The molecule has 1 aromatic rings. The van der Waals surface area contributed by atoms with Gasteiger partial charge in [-0.05, 0) is 70.1 Å². The number of nitrogens with zero attached hydrogens (tertiary/aromatic N) is 2. The molecular weight excluding hydrogens is 512 g/mol. The predicted molar refractivity (Wildman–Crippen MR) is 157 cm³/mol. The van der Waals surface area contributed by atoms with E-state index in [9.17, 15) is 14.7 Å². The van der Waals surface area contributed by atoms with Gasteiger partial charge in [-0.25, -0.2) is 9.59 Å². The molecule has 10 heteroatoms. The van der Waals surface area contributed by atoms with Crippen LogP contribution in [0, 0.1) is 5.92 Å². The Morgan fingerprint density at radius 3 is 2.67 bits per heavy atom. The fourth-order valence-electron chi connectivity index (χ4n) is 4.26. The summed E-state index contributed by atoms with van der Waals surface area (Å²) in [5.41, 5.74) is 0.296. The van der Waals surface area contributed by atoms with Crippen molar-refractivity contribution in [2.45, 2.75) is 84.7 Å². The molecule has 0 saturated carbocycles. The molecule has 2 amide bonds. The van der Waals surface area contributed by atoms with Crippen LogP contribution in [0.15, 0.2) is 30.4 Å². The number of unbranched alkanes of at least 4 members (excludes halogenated alkanes) is 2. The molecule has 2 atom stereocenters. The van der Waals surface area contributed by atoms with Crippen LogP contribution in [0.5, 0.6) is 11.5 Å². The van der Waals surface area contributed by atoms with E-state index in [1.54, 1.807) is 24.1 Å². The number of aliphatic hydroxyl groups is 1. The molecule has 0 aromatic heterocycles. The molecule has 0 spiro atoms. The van der Waals surface area contributed by atoms with Gasteiger partial charge in [-0.2, -0.15) is 0 Å². The van der Waals surface area contributed by atoms with Crippen LogP contribution in [-0.4, -0.2) is 85.3 Å². The van der Waals surface area contributed by atoms with Crippen molar-refractivity contribution in [2.75, 3.05) is 40.3 Å². The van der Waals surface area contributed by atoms with E-state index in [1.165, 1.54) is 12.0 Å². The summed E-state index contributed by atoms with van der Waals surface area (Å²) in [6.45, 7) is 12.1. The highest BCUT2D eigenvalue weighted by atomic mass is 16.6. The summed E-state index contributed by atoms with van der Waals surface area (Å²) >= 11 is 0. The zero-order valence-corrected chi connectivity index (χ0v) is 25.4. The Morgan fingerprint density at radius 2 is 2.00 bits per heavy atom. The molecule has 2 unspecified atom stereocenters. The normalized spacial score (nSPS) is 16.7. The minimum atomic E-state index is -0.601. The van der Waals surface area contributed by atoms with Crippen molar-refractivity contribution in [1.82, 2.24) is 20.4 Å². The first kappa shape index (κ1) is 33.4. The van der Waals surface area contributed by atoms with E-state index in [0.717, 1.165) is 24.8 Å². The first-order valence-corrected chi connectivity index (χ1v) is 14.3. The average molecular weight is 563 g/mol. The fraction of sp³-hybridized carbons (Fsp3) is 0.667. The Hall–Kier alpha value is -2.82. The summed E-state index contributed by atoms with van der Waals surface area (Å²) in [4.78, 5) is 28.7. The maximum atomic E-state index is 13.2.